The van der Waals surface area contributed by atoms with Crippen LogP contribution in [-0.2, 0) is 0 Å². The molecule has 2 aromatic heterocycles. The lowest BCUT2D eigenvalue weighted by Crippen LogP contribution is -2.37. The number of thioether (sulfide) groups is 1. The zero-order valence-corrected chi connectivity index (χ0v) is 20.1. The molecule has 0 bridgehead atoms. The molecule has 0 saturated carbocycles. The van der Waals surface area contributed by atoms with Gasteiger partial charge in [0.05, 0.1) is 5.69 Å². The third kappa shape index (κ3) is 5.37. The summed E-state index contributed by atoms with van der Waals surface area (Å²) >= 11 is 6.45. The van der Waals surface area contributed by atoms with Crippen molar-refractivity contribution in [2.75, 3.05) is 35.2 Å². The van der Waals surface area contributed by atoms with E-state index >= 15 is 0 Å². The Morgan fingerprint density at radius 3 is 2.38 bits per heavy atom. The highest BCUT2D eigenvalue weighted by atomic mass is 79.9. The van der Waals surface area contributed by atoms with Crippen molar-refractivity contribution in [1.29, 1.82) is 5.41 Å². The van der Waals surface area contributed by atoms with Gasteiger partial charge >= 0.3 is 0 Å². The maximum absolute atomic E-state index is 12.7. The predicted octanol–water partition coefficient (Wildman–Crippen LogP) is 4.78. The summed E-state index contributed by atoms with van der Waals surface area (Å²) in [6, 6.07) is 12.2. The van der Waals surface area contributed by atoms with E-state index in [1.807, 2.05) is 11.8 Å². The monoisotopic (exact) mass is 529 g/mol. The molecule has 0 radical (unpaired) electrons. The number of amides is 2. The number of amidine groups is 1. The van der Waals surface area contributed by atoms with E-state index < -0.39 is 0 Å². The summed E-state index contributed by atoms with van der Waals surface area (Å²) in [4.78, 5) is 32.0. The quantitative estimate of drug-likeness (QED) is 0.326. The van der Waals surface area contributed by atoms with Crippen molar-refractivity contribution in [2.24, 2.45) is 0 Å². The zero-order chi connectivity index (χ0) is 22.5. The highest BCUT2D eigenvalue weighted by molar-refractivity contribution is 9.10. The number of nitrogens with zero attached hydrogens (tertiary/aromatic N) is 2. The van der Waals surface area contributed by atoms with Crippen LogP contribution < -0.4 is 10.6 Å². The van der Waals surface area contributed by atoms with Crippen LogP contribution in [0.2, 0.25) is 0 Å². The van der Waals surface area contributed by atoms with Crippen molar-refractivity contribution in [1.82, 2.24) is 9.88 Å². The van der Waals surface area contributed by atoms with Gasteiger partial charge in [0, 0.05) is 46.4 Å². The molecule has 4 rings (SSSR count). The Morgan fingerprint density at radius 1 is 0.969 bits per heavy atom. The number of benzene rings is 1. The fourth-order valence-electron chi connectivity index (χ4n) is 3.15. The van der Waals surface area contributed by atoms with E-state index in [1.54, 1.807) is 54.0 Å². The zero-order valence-electron chi connectivity index (χ0n) is 16.9. The van der Waals surface area contributed by atoms with Crippen LogP contribution in [0.4, 0.5) is 11.5 Å². The number of anilines is 2. The molecule has 0 unspecified atom stereocenters. The number of carbonyl (C=O) groups excluding carboxylic acids is 2. The summed E-state index contributed by atoms with van der Waals surface area (Å²) < 4.78 is 0.815. The molecule has 10 heteroatoms. The van der Waals surface area contributed by atoms with Gasteiger partial charge in [-0.25, -0.2) is 4.98 Å². The number of aromatic nitrogens is 1. The second-order valence-corrected chi connectivity index (χ2v) is 10.0. The fourth-order valence-corrected chi connectivity index (χ4v) is 5.03. The van der Waals surface area contributed by atoms with Gasteiger partial charge in [-0.05, 0) is 51.6 Å². The smallest absolute Gasteiger partial charge is 0.269 e. The molecule has 0 spiro atoms. The van der Waals surface area contributed by atoms with Crippen LogP contribution >= 0.6 is 39.0 Å². The highest BCUT2D eigenvalue weighted by Gasteiger charge is 2.18. The standard InChI is InChI=1S/C22H20BrN5O2S2/c23-16-5-6-18(25-13-16)27-22(30)19-17(7-10-32-19)26-21(29)15-3-1-14(2-4-15)20(24)28-8-11-31-12-9-28/h1-7,10,13,24H,8-9,11-12H2,(H,26,29)(H,25,27,30). The lowest BCUT2D eigenvalue weighted by Gasteiger charge is -2.28. The number of halogens is 1. The van der Waals surface area contributed by atoms with Crippen LogP contribution in [0.25, 0.3) is 0 Å². The molecule has 32 heavy (non-hydrogen) atoms. The van der Waals surface area contributed by atoms with Crippen molar-refractivity contribution in [2.45, 2.75) is 0 Å². The van der Waals surface area contributed by atoms with E-state index in [9.17, 15) is 9.59 Å². The molecule has 3 heterocycles. The summed E-state index contributed by atoms with van der Waals surface area (Å²) in [6.45, 7) is 1.73. The van der Waals surface area contributed by atoms with Gasteiger partial charge in [-0.3, -0.25) is 15.0 Å². The van der Waals surface area contributed by atoms with Gasteiger partial charge in [0.15, 0.2) is 0 Å². The number of carbonyl (C=O) groups is 2. The number of rotatable bonds is 5. The number of hydrogen-bond acceptors (Lipinski definition) is 6. The molecule has 164 valence electrons. The first-order chi connectivity index (χ1) is 15.5. The Kier molecular flexibility index (Phi) is 7.23. The van der Waals surface area contributed by atoms with Crippen LogP contribution in [0.3, 0.4) is 0 Å². The van der Waals surface area contributed by atoms with Crippen LogP contribution in [-0.4, -0.2) is 52.1 Å². The third-order valence-corrected chi connectivity index (χ3v) is 7.16. The maximum atomic E-state index is 12.7. The van der Waals surface area contributed by atoms with Crippen molar-refractivity contribution < 1.29 is 9.59 Å². The largest absolute Gasteiger partial charge is 0.355 e. The summed E-state index contributed by atoms with van der Waals surface area (Å²) in [5, 5.41) is 15.7. The first-order valence-electron chi connectivity index (χ1n) is 9.85. The summed E-state index contributed by atoms with van der Waals surface area (Å²) in [5.41, 5.74) is 1.69. The topological polar surface area (TPSA) is 98.2 Å². The van der Waals surface area contributed by atoms with Crippen LogP contribution in [0, 0.1) is 5.41 Å². The van der Waals surface area contributed by atoms with Crippen LogP contribution in [0.1, 0.15) is 25.6 Å². The predicted molar refractivity (Wildman–Crippen MR) is 134 cm³/mol. The molecular formula is C22H20BrN5O2S2. The fraction of sp³-hybridized carbons (Fsp3) is 0.182. The SMILES string of the molecule is N=C(c1ccc(C(=O)Nc2ccsc2C(=O)Nc2ccc(Br)cn2)cc1)N1CCSCC1. The molecule has 1 fully saturated rings. The van der Waals surface area contributed by atoms with E-state index in [4.69, 9.17) is 5.41 Å². The van der Waals surface area contributed by atoms with Crippen molar-refractivity contribution in [3.8, 4) is 0 Å². The van der Waals surface area contributed by atoms with Gasteiger partial charge in [0.25, 0.3) is 11.8 Å². The van der Waals surface area contributed by atoms with Crippen LogP contribution in [0.5, 0.6) is 0 Å². The van der Waals surface area contributed by atoms with Crippen molar-refractivity contribution >= 4 is 68.2 Å². The number of hydrogen-bond donors (Lipinski definition) is 3. The third-order valence-electron chi connectivity index (χ3n) is 4.84. The Bertz CT molecular complexity index is 1130. The second-order valence-electron chi connectivity index (χ2n) is 6.96. The summed E-state index contributed by atoms with van der Waals surface area (Å²) in [6.07, 6.45) is 1.60. The van der Waals surface area contributed by atoms with E-state index in [-0.39, 0.29) is 11.8 Å². The van der Waals surface area contributed by atoms with Gasteiger partial charge in [-0.1, -0.05) is 12.1 Å². The highest BCUT2D eigenvalue weighted by Crippen LogP contribution is 2.24. The molecule has 0 aliphatic carbocycles. The first kappa shape index (κ1) is 22.5. The van der Waals surface area contributed by atoms with Crippen molar-refractivity contribution in [3.05, 3.63) is 74.5 Å². The molecule has 3 aromatic rings. The lowest BCUT2D eigenvalue weighted by molar-refractivity contribution is 0.102. The van der Waals surface area contributed by atoms with Gasteiger partial charge in [-0.15, -0.1) is 11.3 Å². The Morgan fingerprint density at radius 2 is 1.69 bits per heavy atom. The molecule has 3 N–H and O–H groups in total. The number of thiophene rings is 1. The minimum Gasteiger partial charge on any atom is -0.355 e. The lowest BCUT2D eigenvalue weighted by atomic mass is 10.1. The van der Waals surface area contributed by atoms with E-state index in [1.165, 1.54) is 11.3 Å². The Balaban J connectivity index is 1.41. The van der Waals surface area contributed by atoms with Gasteiger partial charge in [-0.2, -0.15) is 11.8 Å². The van der Waals surface area contributed by atoms with Crippen LogP contribution in [0.15, 0.2) is 58.5 Å². The first-order valence-corrected chi connectivity index (χ1v) is 12.7. The van der Waals surface area contributed by atoms with E-state index in [0.29, 0.717) is 27.8 Å². The molecule has 1 aliphatic heterocycles. The molecular weight excluding hydrogens is 510 g/mol. The van der Waals surface area contributed by atoms with Gasteiger partial charge in [0.1, 0.15) is 16.5 Å². The normalized spacial score (nSPS) is 13.5. The molecule has 1 aliphatic rings. The Hall–Kier alpha value is -2.69. The minimum absolute atomic E-state index is 0.313. The van der Waals surface area contributed by atoms with E-state index in [2.05, 4.69) is 36.4 Å². The van der Waals surface area contributed by atoms with Crippen molar-refractivity contribution in [3.63, 3.8) is 0 Å². The average molecular weight is 530 g/mol. The second kappa shape index (κ2) is 10.3. The number of pyridine rings is 1. The maximum Gasteiger partial charge on any atom is 0.269 e. The molecule has 2 amide bonds. The van der Waals surface area contributed by atoms with E-state index in [0.717, 1.165) is 34.6 Å². The molecule has 1 aromatic carbocycles. The Labute approximate surface area is 202 Å². The van der Waals surface area contributed by atoms with Gasteiger partial charge < -0.3 is 15.5 Å². The number of nitrogens with one attached hydrogen (secondary N) is 3. The average Bonchev–Trinajstić information content (AvgIpc) is 3.29. The summed E-state index contributed by atoms with van der Waals surface area (Å²) in [5.74, 6) is 2.30. The molecule has 7 nitrogen and oxygen atoms in total. The van der Waals surface area contributed by atoms with Gasteiger partial charge in [0.2, 0.25) is 0 Å². The summed E-state index contributed by atoms with van der Waals surface area (Å²) in [7, 11) is 0. The molecule has 0 atom stereocenters. The molecule has 1 saturated heterocycles. The minimum atomic E-state index is -0.339.